The summed E-state index contributed by atoms with van der Waals surface area (Å²) in [5.41, 5.74) is 7.27. The first-order valence-electron chi connectivity index (χ1n) is 12.6. The van der Waals surface area contributed by atoms with E-state index in [9.17, 15) is 4.79 Å². The molecule has 0 fully saturated rings. The molecule has 0 saturated carbocycles. The van der Waals surface area contributed by atoms with Crippen LogP contribution in [0.1, 0.15) is 79.2 Å². The number of halogens is 1. The van der Waals surface area contributed by atoms with Gasteiger partial charge >= 0.3 is 0 Å². The van der Waals surface area contributed by atoms with Crippen LogP contribution in [0.4, 0.5) is 0 Å². The molecule has 1 aliphatic carbocycles. The molecule has 1 aliphatic rings. The Morgan fingerprint density at radius 3 is 2.56 bits per heavy atom. The Morgan fingerprint density at radius 1 is 1.12 bits per heavy atom. The van der Waals surface area contributed by atoms with Crippen LogP contribution < -0.4 is 5.32 Å². The second-order valence-electron chi connectivity index (χ2n) is 9.87. The fraction of sp³-hybridized carbons (Fsp3) is 0.448. The molecule has 0 spiro atoms. The molecular weight excluding hydrogens is 442 g/mol. The fourth-order valence-corrected chi connectivity index (χ4v) is 5.13. The SMILES string of the molecule is CCC(CC)CCC(C)CNC(=O)c1nn(Cc2ccc(C)cc2)c2c1Cc1cc(Cl)ccc1-2. The maximum absolute atomic E-state index is 13.3. The van der Waals surface area contributed by atoms with E-state index in [1.54, 1.807) is 0 Å². The molecule has 1 heterocycles. The summed E-state index contributed by atoms with van der Waals surface area (Å²) in [6, 6.07) is 14.5. The molecule has 0 saturated heterocycles. The number of nitrogens with zero attached hydrogens (tertiary/aromatic N) is 2. The van der Waals surface area contributed by atoms with Crippen LogP contribution >= 0.6 is 11.6 Å². The topological polar surface area (TPSA) is 46.9 Å². The average molecular weight is 478 g/mol. The van der Waals surface area contributed by atoms with Gasteiger partial charge in [-0.1, -0.05) is 87.5 Å². The van der Waals surface area contributed by atoms with Crippen molar-refractivity contribution >= 4 is 17.5 Å². The van der Waals surface area contributed by atoms with Gasteiger partial charge in [-0.25, -0.2) is 0 Å². The molecule has 180 valence electrons. The second-order valence-corrected chi connectivity index (χ2v) is 10.3. The summed E-state index contributed by atoms with van der Waals surface area (Å²) in [6.45, 7) is 10.1. The third-order valence-corrected chi connectivity index (χ3v) is 7.48. The van der Waals surface area contributed by atoms with E-state index >= 15 is 0 Å². The minimum atomic E-state index is -0.0767. The molecule has 0 bridgehead atoms. The molecule has 1 amide bonds. The van der Waals surface area contributed by atoms with Crippen molar-refractivity contribution in [3.8, 4) is 11.3 Å². The summed E-state index contributed by atoms with van der Waals surface area (Å²) in [7, 11) is 0. The van der Waals surface area contributed by atoms with Gasteiger partial charge in [-0.15, -0.1) is 0 Å². The van der Waals surface area contributed by atoms with Crippen molar-refractivity contribution < 1.29 is 4.79 Å². The molecule has 1 aromatic heterocycles. The van der Waals surface area contributed by atoms with E-state index in [0.29, 0.717) is 31.1 Å². The quantitative estimate of drug-likeness (QED) is 0.266. The van der Waals surface area contributed by atoms with Crippen LogP contribution in [0.25, 0.3) is 11.3 Å². The van der Waals surface area contributed by atoms with Gasteiger partial charge in [0, 0.05) is 29.1 Å². The molecule has 4 nitrogen and oxygen atoms in total. The van der Waals surface area contributed by atoms with Gasteiger partial charge < -0.3 is 5.32 Å². The largest absolute Gasteiger partial charge is 0.350 e. The predicted molar refractivity (Wildman–Crippen MR) is 141 cm³/mol. The van der Waals surface area contributed by atoms with Crippen molar-refractivity contribution in [3.63, 3.8) is 0 Å². The summed E-state index contributed by atoms with van der Waals surface area (Å²) in [4.78, 5) is 13.3. The third kappa shape index (κ3) is 5.38. The predicted octanol–water partition coefficient (Wildman–Crippen LogP) is 7.05. The van der Waals surface area contributed by atoms with Crippen molar-refractivity contribution in [1.29, 1.82) is 0 Å². The Labute approximate surface area is 208 Å². The molecule has 3 aromatic rings. The van der Waals surface area contributed by atoms with Crippen LogP contribution in [0, 0.1) is 18.8 Å². The number of nitrogens with one attached hydrogen (secondary N) is 1. The first-order chi connectivity index (χ1) is 16.4. The molecule has 0 radical (unpaired) electrons. The smallest absolute Gasteiger partial charge is 0.272 e. The zero-order valence-corrected chi connectivity index (χ0v) is 21.6. The molecule has 1 atom stereocenters. The monoisotopic (exact) mass is 477 g/mol. The van der Waals surface area contributed by atoms with Crippen molar-refractivity contribution in [3.05, 3.63) is 75.4 Å². The number of fused-ring (bicyclic) bond motifs is 3. The molecular formula is C29H36ClN3O. The Balaban J connectivity index is 1.54. The zero-order chi connectivity index (χ0) is 24.2. The number of aryl methyl sites for hydroxylation is 1. The highest BCUT2D eigenvalue weighted by Crippen LogP contribution is 2.40. The first kappa shape index (κ1) is 24.5. The standard InChI is InChI=1S/C29H36ClN3O/c1-5-21(6-2)10-9-20(4)17-31-29(34)27-26-16-23-15-24(30)13-14-25(23)28(26)33(32-27)18-22-11-7-19(3)8-12-22/h7-8,11-15,20-21H,5-6,9-10,16-18H2,1-4H3,(H,31,34). The fourth-order valence-electron chi connectivity index (χ4n) is 4.93. The number of rotatable bonds is 10. The Kier molecular flexibility index (Phi) is 7.77. The Hall–Kier alpha value is -2.59. The highest BCUT2D eigenvalue weighted by molar-refractivity contribution is 6.30. The van der Waals surface area contributed by atoms with Crippen LogP contribution in [-0.4, -0.2) is 22.2 Å². The van der Waals surface area contributed by atoms with Gasteiger partial charge in [-0.2, -0.15) is 5.10 Å². The maximum atomic E-state index is 13.3. The van der Waals surface area contributed by atoms with E-state index in [0.717, 1.165) is 39.7 Å². The molecule has 4 rings (SSSR count). The summed E-state index contributed by atoms with van der Waals surface area (Å²) in [6.07, 6.45) is 5.50. The highest BCUT2D eigenvalue weighted by atomic mass is 35.5. The lowest BCUT2D eigenvalue weighted by molar-refractivity contribution is 0.0940. The number of carbonyl (C=O) groups is 1. The lowest BCUT2D eigenvalue weighted by Crippen LogP contribution is -2.29. The normalized spacial score (nSPS) is 13.1. The summed E-state index contributed by atoms with van der Waals surface area (Å²) in [5.74, 6) is 1.15. The van der Waals surface area contributed by atoms with Gasteiger partial charge in [0.05, 0.1) is 12.2 Å². The minimum absolute atomic E-state index is 0.0767. The lowest BCUT2D eigenvalue weighted by atomic mass is 9.93. The van der Waals surface area contributed by atoms with Gasteiger partial charge in [0.25, 0.3) is 5.91 Å². The van der Waals surface area contributed by atoms with Crippen LogP contribution in [0.5, 0.6) is 0 Å². The maximum Gasteiger partial charge on any atom is 0.272 e. The number of amides is 1. The van der Waals surface area contributed by atoms with Crippen LogP contribution in [-0.2, 0) is 13.0 Å². The van der Waals surface area contributed by atoms with Crippen LogP contribution in [0.15, 0.2) is 42.5 Å². The molecule has 5 heteroatoms. The number of hydrogen-bond donors (Lipinski definition) is 1. The molecule has 1 unspecified atom stereocenters. The van der Waals surface area contributed by atoms with Crippen LogP contribution in [0.3, 0.4) is 0 Å². The average Bonchev–Trinajstić information content (AvgIpc) is 3.36. The summed E-state index contributed by atoms with van der Waals surface area (Å²) < 4.78 is 1.99. The lowest BCUT2D eigenvalue weighted by Gasteiger charge is -2.16. The second kappa shape index (κ2) is 10.8. The Bertz CT molecular complexity index is 1140. The van der Waals surface area contributed by atoms with Crippen molar-refractivity contribution in [2.24, 2.45) is 11.8 Å². The van der Waals surface area contributed by atoms with Crippen molar-refractivity contribution in [2.45, 2.75) is 66.3 Å². The van der Waals surface area contributed by atoms with E-state index in [1.165, 1.54) is 30.4 Å². The number of hydrogen-bond acceptors (Lipinski definition) is 2. The zero-order valence-electron chi connectivity index (χ0n) is 20.8. The van der Waals surface area contributed by atoms with Gasteiger partial charge in [0.15, 0.2) is 5.69 Å². The van der Waals surface area contributed by atoms with Crippen molar-refractivity contribution in [2.75, 3.05) is 6.54 Å². The molecule has 2 aromatic carbocycles. The van der Waals surface area contributed by atoms with E-state index in [1.807, 2.05) is 16.8 Å². The van der Waals surface area contributed by atoms with E-state index < -0.39 is 0 Å². The summed E-state index contributed by atoms with van der Waals surface area (Å²) in [5, 5.41) is 8.71. The molecule has 0 aliphatic heterocycles. The van der Waals surface area contributed by atoms with E-state index in [-0.39, 0.29) is 5.91 Å². The molecule has 34 heavy (non-hydrogen) atoms. The minimum Gasteiger partial charge on any atom is -0.350 e. The number of aromatic nitrogens is 2. The van der Waals surface area contributed by atoms with Gasteiger partial charge in [-0.3, -0.25) is 9.48 Å². The number of benzene rings is 2. The summed E-state index contributed by atoms with van der Waals surface area (Å²) >= 11 is 6.28. The van der Waals surface area contributed by atoms with Gasteiger partial charge in [0.2, 0.25) is 0 Å². The highest BCUT2D eigenvalue weighted by Gasteiger charge is 2.30. The Morgan fingerprint density at radius 2 is 1.85 bits per heavy atom. The van der Waals surface area contributed by atoms with Gasteiger partial charge in [-0.05, 0) is 48.4 Å². The third-order valence-electron chi connectivity index (χ3n) is 7.24. The van der Waals surface area contributed by atoms with Crippen LogP contribution in [0.2, 0.25) is 5.02 Å². The first-order valence-corrected chi connectivity index (χ1v) is 13.0. The number of carbonyl (C=O) groups excluding carboxylic acids is 1. The van der Waals surface area contributed by atoms with Crippen molar-refractivity contribution in [1.82, 2.24) is 15.1 Å². The van der Waals surface area contributed by atoms with E-state index in [4.69, 9.17) is 16.7 Å². The molecule has 1 N–H and O–H groups in total. The van der Waals surface area contributed by atoms with E-state index in [2.05, 4.69) is 63.3 Å². The van der Waals surface area contributed by atoms with Gasteiger partial charge in [0.1, 0.15) is 0 Å².